The molecule has 2 heterocycles. The lowest BCUT2D eigenvalue weighted by atomic mass is 9.89. The van der Waals surface area contributed by atoms with Gasteiger partial charge in [0.1, 0.15) is 0 Å². The van der Waals surface area contributed by atoms with Gasteiger partial charge < -0.3 is 0 Å². The summed E-state index contributed by atoms with van der Waals surface area (Å²) in [5.74, 6) is -1.65. The van der Waals surface area contributed by atoms with Crippen LogP contribution in [0.15, 0.2) is 40.2 Å². The first-order valence-corrected chi connectivity index (χ1v) is 8.71. The molecule has 1 aliphatic rings. The second kappa shape index (κ2) is 6.51. The molecule has 6 nitrogen and oxygen atoms in total. The van der Waals surface area contributed by atoms with Gasteiger partial charge in [-0.2, -0.15) is 0 Å². The van der Waals surface area contributed by atoms with Crippen molar-refractivity contribution in [1.29, 1.82) is 0 Å². The molecule has 2 aromatic heterocycles. The summed E-state index contributed by atoms with van der Waals surface area (Å²) in [6, 6.07) is 3.19. The molecule has 1 aliphatic carbocycles. The maximum absolute atomic E-state index is 13.5. The van der Waals surface area contributed by atoms with Gasteiger partial charge in [-0.1, -0.05) is 19.3 Å². The van der Waals surface area contributed by atoms with Crippen LogP contribution in [0.2, 0.25) is 0 Å². The Labute approximate surface area is 147 Å². The highest BCUT2D eigenvalue weighted by Crippen LogP contribution is 2.24. The standard InChI is InChI=1S/C18H18F2N4O2/c19-14-7-6-13(10-15(14)20)22-8-9-23-16(17(22)25)21-24(18(23)26)11-12-4-2-1-3-5-12/h6-10,12H,1-5,11H2. The van der Waals surface area contributed by atoms with E-state index in [9.17, 15) is 18.4 Å². The van der Waals surface area contributed by atoms with Gasteiger partial charge in [-0.05, 0) is 30.9 Å². The van der Waals surface area contributed by atoms with Gasteiger partial charge in [0, 0.05) is 25.0 Å². The summed E-state index contributed by atoms with van der Waals surface area (Å²) >= 11 is 0. The average molecular weight is 360 g/mol. The Hall–Kier alpha value is -2.77. The normalized spacial score (nSPS) is 15.6. The van der Waals surface area contributed by atoms with E-state index in [0.717, 1.165) is 42.4 Å². The van der Waals surface area contributed by atoms with Crippen molar-refractivity contribution in [1.82, 2.24) is 18.7 Å². The van der Waals surface area contributed by atoms with Crippen LogP contribution in [-0.4, -0.2) is 18.7 Å². The molecule has 0 amide bonds. The maximum Gasteiger partial charge on any atom is 0.350 e. The van der Waals surface area contributed by atoms with E-state index in [2.05, 4.69) is 5.10 Å². The van der Waals surface area contributed by atoms with Gasteiger partial charge in [0.15, 0.2) is 11.6 Å². The Balaban J connectivity index is 1.76. The van der Waals surface area contributed by atoms with Crippen LogP contribution in [0.4, 0.5) is 8.78 Å². The molecule has 136 valence electrons. The van der Waals surface area contributed by atoms with E-state index < -0.39 is 17.2 Å². The lowest BCUT2D eigenvalue weighted by Crippen LogP contribution is -2.26. The summed E-state index contributed by atoms with van der Waals surface area (Å²) in [4.78, 5) is 25.2. The summed E-state index contributed by atoms with van der Waals surface area (Å²) in [7, 11) is 0. The Bertz CT molecular complexity index is 1080. The number of benzene rings is 1. The van der Waals surface area contributed by atoms with Crippen LogP contribution < -0.4 is 11.2 Å². The molecule has 0 unspecified atom stereocenters. The molecule has 0 atom stereocenters. The van der Waals surface area contributed by atoms with Crippen molar-refractivity contribution in [2.24, 2.45) is 5.92 Å². The topological polar surface area (TPSA) is 61.3 Å². The van der Waals surface area contributed by atoms with E-state index in [1.54, 1.807) is 0 Å². The predicted molar refractivity (Wildman–Crippen MR) is 91.5 cm³/mol. The lowest BCUT2D eigenvalue weighted by Gasteiger charge is -2.20. The van der Waals surface area contributed by atoms with Crippen molar-refractivity contribution in [3.63, 3.8) is 0 Å². The van der Waals surface area contributed by atoms with Crippen LogP contribution in [0.5, 0.6) is 0 Å². The second-order valence-corrected chi connectivity index (χ2v) is 6.73. The minimum Gasteiger partial charge on any atom is -0.279 e. The van der Waals surface area contributed by atoms with Crippen molar-refractivity contribution < 1.29 is 8.78 Å². The number of fused-ring (bicyclic) bond motifs is 1. The molecule has 0 N–H and O–H groups in total. The fourth-order valence-corrected chi connectivity index (χ4v) is 3.58. The quantitative estimate of drug-likeness (QED) is 0.721. The van der Waals surface area contributed by atoms with Gasteiger partial charge >= 0.3 is 11.2 Å². The van der Waals surface area contributed by atoms with Crippen molar-refractivity contribution in [2.75, 3.05) is 0 Å². The first-order valence-electron chi connectivity index (χ1n) is 8.71. The number of nitrogens with zero attached hydrogens (tertiary/aromatic N) is 4. The van der Waals surface area contributed by atoms with Gasteiger partial charge in [0.25, 0.3) is 0 Å². The van der Waals surface area contributed by atoms with E-state index in [4.69, 9.17) is 0 Å². The third kappa shape index (κ3) is 2.85. The SMILES string of the molecule is O=c1c2nn(CC3CCCCC3)c(=O)n2ccn1-c1ccc(F)c(F)c1. The molecule has 0 saturated heterocycles. The number of hydrogen-bond acceptors (Lipinski definition) is 3. The Morgan fingerprint density at radius 2 is 1.81 bits per heavy atom. The lowest BCUT2D eigenvalue weighted by molar-refractivity contribution is 0.304. The summed E-state index contributed by atoms with van der Waals surface area (Å²) in [6.07, 6.45) is 8.40. The summed E-state index contributed by atoms with van der Waals surface area (Å²) in [5, 5.41) is 4.20. The van der Waals surface area contributed by atoms with E-state index in [-0.39, 0.29) is 17.0 Å². The zero-order chi connectivity index (χ0) is 18.3. The summed E-state index contributed by atoms with van der Waals surface area (Å²) in [5.41, 5.74) is -0.776. The first-order chi connectivity index (χ1) is 12.5. The molecule has 0 bridgehead atoms. The summed E-state index contributed by atoms with van der Waals surface area (Å²) in [6.45, 7) is 0.491. The molecule has 8 heteroatoms. The van der Waals surface area contributed by atoms with Crippen LogP contribution in [0.3, 0.4) is 0 Å². The van der Waals surface area contributed by atoms with Crippen LogP contribution in [0.25, 0.3) is 11.3 Å². The monoisotopic (exact) mass is 360 g/mol. The van der Waals surface area contributed by atoms with Crippen molar-refractivity contribution in [3.05, 3.63) is 63.1 Å². The largest absolute Gasteiger partial charge is 0.350 e. The third-order valence-electron chi connectivity index (χ3n) is 4.98. The van der Waals surface area contributed by atoms with Gasteiger partial charge in [0.2, 0.25) is 5.65 Å². The second-order valence-electron chi connectivity index (χ2n) is 6.73. The molecule has 4 rings (SSSR count). The van der Waals surface area contributed by atoms with Crippen LogP contribution >= 0.6 is 0 Å². The molecule has 0 radical (unpaired) electrons. The first kappa shape index (κ1) is 16.7. The van der Waals surface area contributed by atoms with Gasteiger partial charge in [-0.3, -0.25) is 9.36 Å². The highest BCUT2D eigenvalue weighted by atomic mass is 19.2. The van der Waals surface area contributed by atoms with Crippen molar-refractivity contribution >= 4 is 5.65 Å². The van der Waals surface area contributed by atoms with E-state index in [1.165, 1.54) is 34.0 Å². The Morgan fingerprint density at radius 3 is 2.54 bits per heavy atom. The molecule has 1 fully saturated rings. The van der Waals surface area contributed by atoms with Crippen LogP contribution in [-0.2, 0) is 6.54 Å². The smallest absolute Gasteiger partial charge is 0.279 e. The van der Waals surface area contributed by atoms with E-state index in [1.807, 2.05) is 0 Å². The van der Waals surface area contributed by atoms with Crippen molar-refractivity contribution in [3.8, 4) is 5.69 Å². The van der Waals surface area contributed by atoms with Gasteiger partial charge in [-0.15, -0.1) is 5.10 Å². The average Bonchev–Trinajstić information content (AvgIpc) is 2.96. The molecule has 0 spiro atoms. The molecule has 1 aromatic carbocycles. The van der Waals surface area contributed by atoms with Crippen LogP contribution in [0.1, 0.15) is 32.1 Å². The van der Waals surface area contributed by atoms with E-state index in [0.29, 0.717) is 12.5 Å². The van der Waals surface area contributed by atoms with E-state index >= 15 is 0 Å². The number of halogens is 2. The molecular weight excluding hydrogens is 342 g/mol. The molecule has 0 aliphatic heterocycles. The minimum atomic E-state index is -1.05. The third-order valence-corrected chi connectivity index (χ3v) is 4.98. The maximum atomic E-state index is 13.5. The van der Waals surface area contributed by atoms with Gasteiger partial charge in [0.05, 0.1) is 5.69 Å². The molecule has 1 saturated carbocycles. The Morgan fingerprint density at radius 1 is 1.04 bits per heavy atom. The molecule has 3 aromatic rings. The summed E-state index contributed by atoms with van der Waals surface area (Å²) < 4.78 is 30.3. The van der Waals surface area contributed by atoms with Crippen molar-refractivity contribution in [2.45, 2.75) is 38.6 Å². The zero-order valence-corrected chi connectivity index (χ0v) is 14.1. The highest BCUT2D eigenvalue weighted by molar-refractivity contribution is 5.40. The number of rotatable bonds is 3. The fraction of sp³-hybridized carbons (Fsp3) is 0.389. The number of hydrogen-bond donors (Lipinski definition) is 0. The molecule has 26 heavy (non-hydrogen) atoms. The fourth-order valence-electron chi connectivity index (χ4n) is 3.58. The zero-order valence-electron chi connectivity index (χ0n) is 14.1. The minimum absolute atomic E-state index is 0.0296. The highest BCUT2D eigenvalue weighted by Gasteiger charge is 2.18. The predicted octanol–water partition coefficient (Wildman–Crippen LogP) is 2.51. The number of aromatic nitrogens is 4. The van der Waals surface area contributed by atoms with Crippen LogP contribution in [0, 0.1) is 17.6 Å². The Kier molecular flexibility index (Phi) is 4.18. The molecular formula is C18H18F2N4O2. The van der Waals surface area contributed by atoms with Gasteiger partial charge in [-0.25, -0.2) is 22.7 Å².